The SMILES string of the molecule is Cc1ccc(F)c(-c2cc(C(=O)O)cc(C(F)(F)F)c2)c1. The fraction of sp³-hybridized carbons (Fsp3) is 0.133. The molecule has 2 nitrogen and oxygen atoms in total. The highest BCUT2D eigenvalue weighted by atomic mass is 19.4. The smallest absolute Gasteiger partial charge is 0.416 e. The third-order valence-corrected chi connectivity index (χ3v) is 2.94. The zero-order chi connectivity index (χ0) is 15.8. The van der Waals surface area contributed by atoms with Gasteiger partial charge in [-0.2, -0.15) is 13.2 Å². The lowest BCUT2D eigenvalue weighted by Crippen LogP contribution is -2.08. The van der Waals surface area contributed by atoms with Crippen LogP contribution in [-0.2, 0) is 6.18 Å². The van der Waals surface area contributed by atoms with Crippen molar-refractivity contribution in [1.29, 1.82) is 0 Å². The van der Waals surface area contributed by atoms with E-state index in [1.165, 1.54) is 12.1 Å². The number of alkyl halides is 3. The van der Waals surface area contributed by atoms with Crippen LogP contribution in [0.15, 0.2) is 36.4 Å². The van der Waals surface area contributed by atoms with Crippen molar-refractivity contribution in [2.75, 3.05) is 0 Å². The molecule has 1 N–H and O–H groups in total. The van der Waals surface area contributed by atoms with Crippen LogP contribution in [0.5, 0.6) is 0 Å². The van der Waals surface area contributed by atoms with E-state index < -0.39 is 29.1 Å². The Hall–Kier alpha value is -2.37. The minimum atomic E-state index is -4.71. The Morgan fingerprint density at radius 1 is 1.10 bits per heavy atom. The minimum absolute atomic E-state index is 0.0661. The second-order valence-corrected chi connectivity index (χ2v) is 4.59. The standard InChI is InChI=1S/C15H10F4O2/c1-8-2-3-13(16)12(4-8)9-5-10(14(20)21)7-11(6-9)15(17,18)19/h2-7H,1H3,(H,20,21). The molecule has 0 aliphatic heterocycles. The van der Waals surface area contributed by atoms with Gasteiger partial charge in [0.1, 0.15) is 5.82 Å². The number of halogens is 4. The van der Waals surface area contributed by atoms with Crippen molar-refractivity contribution in [3.63, 3.8) is 0 Å². The zero-order valence-corrected chi connectivity index (χ0v) is 10.8. The molecule has 2 rings (SSSR count). The zero-order valence-electron chi connectivity index (χ0n) is 10.8. The van der Waals surface area contributed by atoms with E-state index in [9.17, 15) is 22.4 Å². The molecule has 21 heavy (non-hydrogen) atoms. The van der Waals surface area contributed by atoms with Gasteiger partial charge in [0.15, 0.2) is 0 Å². The van der Waals surface area contributed by atoms with Gasteiger partial charge in [-0.15, -0.1) is 0 Å². The number of carboxylic acid groups (broad SMARTS) is 1. The quantitative estimate of drug-likeness (QED) is 0.828. The van der Waals surface area contributed by atoms with Crippen LogP contribution in [0.3, 0.4) is 0 Å². The highest BCUT2D eigenvalue weighted by Crippen LogP contribution is 2.34. The summed E-state index contributed by atoms with van der Waals surface area (Å²) in [7, 11) is 0. The number of carboxylic acids is 1. The second-order valence-electron chi connectivity index (χ2n) is 4.59. The second kappa shape index (κ2) is 5.20. The molecule has 6 heteroatoms. The molecule has 2 aromatic rings. The normalized spacial score (nSPS) is 11.5. The number of carbonyl (C=O) groups is 1. The maximum Gasteiger partial charge on any atom is 0.416 e. The van der Waals surface area contributed by atoms with Gasteiger partial charge in [-0.3, -0.25) is 0 Å². The number of aryl methyl sites for hydroxylation is 1. The molecule has 0 atom stereocenters. The van der Waals surface area contributed by atoms with E-state index in [0.717, 1.165) is 18.2 Å². The van der Waals surface area contributed by atoms with Crippen molar-refractivity contribution in [3.05, 3.63) is 58.9 Å². The van der Waals surface area contributed by atoms with E-state index in [2.05, 4.69) is 0 Å². The molecule has 0 aliphatic carbocycles. The fourth-order valence-corrected chi connectivity index (χ4v) is 1.93. The molecule has 0 amide bonds. The van der Waals surface area contributed by atoms with Crippen molar-refractivity contribution in [2.24, 2.45) is 0 Å². The topological polar surface area (TPSA) is 37.3 Å². The Bertz CT molecular complexity index is 705. The summed E-state index contributed by atoms with van der Waals surface area (Å²) < 4.78 is 52.2. The molecule has 0 radical (unpaired) electrons. The molecule has 0 spiro atoms. The van der Waals surface area contributed by atoms with Crippen molar-refractivity contribution in [2.45, 2.75) is 13.1 Å². The fourth-order valence-electron chi connectivity index (χ4n) is 1.93. The number of hydrogen-bond acceptors (Lipinski definition) is 1. The van der Waals surface area contributed by atoms with Gasteiger partial charge < -0.3 is 5.11 Å². The van der Waals surface area contributed by atoms with E-state index in [-0.39, 0.29) is 11.1 Å². The Morgan fingerprint density at radius 3 is 2.33 bits per heavy atom. The first-order valence-corrected chi connectivity index (χ1v) is 5.90. The van der Waals surface area contributed by atoms with Crippen molar-refractivity contribution < 1.29 is 27.5 Å². The first kappa shape index (κ1) is 15.0. The summed E-state index contributed by atoms with van der Waals surface area (Å²) in [6.07, 6.45) is -4.71. The van der Waals surface area contributed by atoms with Gasteiger partial charge in [0.05, 0.1) is 11.1 Å². The van der Waals surface area contributed by atoms with Crippen LogP contribution < -0.4 is 0 Å². The summed E-state index contributed by atoms with van der Waals surface area (Å²) >= 11 is 0. The van der Waals surface area contributed by atoms with Crippen molar-refractivity contribution in [3.8, 4) is 11.1 Å². The van der Waals surface area contributed by atoms with Gasteiger partial charge in [-0.1, -0.05) is 11.6 Å². The van der Waals surface area contributed by atoms with E-state index in [4.69, 9.17) is 5.11 Å². The highest BCUT2D eigenvalue weighted by Gasteiger charge is 2.32. The average molecular weight is 298 g/mol. The molecule has 0 heterocycles. The molecular formula is C15H10F4O2. The molecular weight excluding hydrogens is 288 g/mol. The number of rotatable bonds is 2. The molecule has 0 saturated carbocycles. The monoisotopic (exact) mass is 298 g/mol. The first-order chi connectivity index (χ1) is 9.68. The minimum Gasteiger partial charge on any atom is -0.478 e. The van der Waals surface area contributed by atoms with E-state index in [0.29, 0.717) is 11.6 Å². The van der Waals surface area contributed by atoms with Gasteiger partial charge in [0.2, 0.25) is 0 Å². The van der Waals surface area contributed by atoms with E-state index in [1.54, 1.807) is 6.92 Å². The van der Waals surface area contributed by atoms with Crippen LogP contribution >= 0.6 is 0 Å². The number of benzene rings is 2. The van der Waals surface area contributed by atoms with Gasteiger partial charge in [0.25, 0.3) is 0 Å². The number of aromatic carboxylic acids is 1. The summed E-state index contributed by atoms with van der Waals surface area (Å²) in [6, 6.07) is 6.27. The van der Waals surface area contributed by atoms with Crippen molar-refractivity contribution in [1.82, 2.24) is 0 Å². The summed E-state index contributed by atoms with van der Waals surface area (Å²) in [5, 5.41) is 8.91. The molecule has 0 aliphatic rings. The lowest BCUT2D eigenvalue weighted by Gasteiger charge is -2.12. The predicted molar refractivity (Wildman–Crippen MR) is 68.5 cm³/mol. The molecule has 0 bridgehead atoms. The molecule has 0 fully saturated rings. The van der Waals surface area contributed by atoms with Crippen LogP contribution in [0.1, 0.15) is 21.5 Å². The third-order valence-electron chi connectivity index (χ3n) is 2.94. The lowest BCUT2D eigenvalue weighted by atomic mass is 9.98. The first-order valence-electron chi connectivity index (χ1n) is 5.90. The predicted octanol–water partition coefficient (Wildman–Crippen LogP) is 4.52. The molecule has 2 aromatic carbocycles. The molecule has 110 valence electrons. The van der Waals surface area contributed by atoms with E-state index >= 15 is 0 Å². The van der Waals surface area contributed by atoms with Gasteiger partial charge in [-0.05, 0) is 42.8 Å². The van der Waals surface area contributed by atoms with Gasteiger partial charge in [0, 0.05) is 5.56 Å². The average Bonchev–Trinajstić information content (AvgIpc) is 2.40. The maximum atomic E-state index is 13.8. The largest absolute Gasteiger partial charge is 0.478 e. The highest BCUT2D eigenvalue weighted by molar-refractivity contribution is 5.90. The van der Waals surface area contributed by atoms with Crippen LogP contribution in [0, 0.1) is 12.7 Å². The van der Waals surface area contributed by atoms with Crippen molar-refractivity contribution >= 4 is 5.97 Å². The van der Waals surface area contributed by atoms with E-state index in [1.807, 2.05) is 0 Å². The lowest BCUT2D eigenvalue weighted by molar-refractivity contribution is -0.137. The summed E-state index contributed by atoms with van der Waals surface area (Å²) in [5.41, 5.74) is -1.20. The third kappa shape index (κ3) is 3.21. The Labute approximate surface area is 117 Å². The van der Waals surface area contributed by atoms with Crippen LogP contribution in [0.2, 0.25) is 0 Å². The van der Waals surface area contributed by atoms with Gasteiger partial charge in [-0.25, -0.2) is 9.18 Å². The van der Waals surface area contributed by atoms with Crippen LogP contribution in [0.4, 0.5) is 17.6 Å². The Morgan fingerprint density at radius 2 is 1.76 bits per heavy atom. The Kier molecular flexibility index (Phi) is 3.72. The van der Waals surface area contributed by atoms with Crippen LogP contribution in [0.25, 0.3) is 11.1 Å². The molecule has 0 unspecified atom stereocenters. The summed E-state index contributed by atoms with van der Waals surface area (Å²) in [5.74, 6) is -2.22. The maximum absolute atomic E-state index is 13.8. The number of hydrogen-bond donors (Lipinski definition) is 1. The van der Waals surface area contributed by atoms with Crippen LogP contribution in [-0.4, -0.2) is 11.1 Å². The molecule has 0 aromatic heterocycles. The summed E-state index contributed by atoms with van der Waals surface area (Å²) in [6.45, 7) is 1.66. The Balaban J connectivity index is 2.71. The summed E-state index contributed by atoms with van der Waals surface area (Å²) in [4.78, 5) is 11.0. The molecule has 0 saturated heterocycles. The van der Waals surface area contributed by atoms with Gasteiger partial charge >= 0.3 is 12.1 Å².